The van der Waals surface area contributed by atoms with Gasteiger partial charge in [0.05, 0.1) is 18.8 Å². The molecule has 1 aliphatic rings. The molecule has 0 aliphatic carbocycles. The van der Waals surface area contributed by atoms with Crippen LogP contribution in [0.2, 0.25) is 18.1 Å². The highest BCUT2D eigenvalue weighted by atomic mass is 28.4. The molecule has 3 unspecified atom stereocenters. The van der Waals surface area contributed by atoms with Gasteiger partial charge in [-0.25, -0.2) is 0 Å². The molecule has 1 aliphatic heterocycles. The van der Waals surface area contributed by atoms with Gasteiger partial charge in [-0.15, -0.1) is 0 Å². The summed E-state index contributed by atoms with van der Waals surface area (Å²) in [5, 5.41) is 0.122. The molecule has 0 N–H and O–H groups in total. The van der Waals surface area contributed by atoms with Gasteiger partial charge >= 0.3 is 5.97 Å². The zero-order valence-electron chi connectivity index (χ0n) is 19.2. The molecule has 5 nitrogen and oxygen atoms in total. The number of ether oxygens (including phenoxy) is 3. The number of carbonyl (C=O) groups is 1. The van der Waals surface area contributed by atoms with E-state index in [0.717, 1.165) is 25.7 Å². The van der Waals surface area contributed by atoms with Crippen LogP contribution in [-0.4, -0.2) is 45.8 Å². The first-order chi connectivity index (χ1) is 13.1. The van der Waals surface area contributed by atoms with Crippen molar-refractivity contribution in [2.45, 2.75) is 104 Å². The van der Waals surface area contributed by atoms with Gasteiger partial charge in [0.1, 0.15) is 12.2 Å². The Morgan fingerprint density at radius 3 is 2.36 bits per heavy atom. The number of esters is 1. The second-order valence-corrected chi connectivity index (χ2v) is 14.0. The average molecular weight is 415 g/mol. The second-order valence-electron chi connectivity index (χ2n) is 9.18. The minimum absolute atomic E-state index is 0.0746. The van der Waals surface area contributed by atoms with Gasteiger partial charge in [-0.2, -0.15) is 0 Å². The van der Waals surface area contributed by atoms with Gasteiger partial charge in [-0.3, -0.25) is 4.79 Å². The molecule has 0 saturated heterocycles. The van der Waals surface area contributed by atoms with Crippen molar-refractivity contribution in [3.05, 3.63) is 12.3 Å². The lowest BCUT2D eigenvalue weighted by Crippen LogP contribution is -2.50. The van der Waals surface area contributed by atoms with Gasteiger partial charge in [0, 0.05) is 6.61 Å². The smallest absolute Gasteiger partial charge is 0.309 e. The third-order valence-corrected chi connectivity index (χ3v) is 10.5. The molecule has 0 spiro atoms. The highest BCUT2D eigenvalue weighted by molar-refractivity contribution is 6.74. The van der Waals surface area contributed by atoms with Gasteiger partial charge in [-0.05, 0) is 43.5 Å². The molecule has 0 amide bonds. The van der Waals surface area contributed by atoms with Crippen LogP contribution in [0.15, 0.2) is 12.3 Å². The Morgan fingerprint density at radius 1 is 1.18 bits per heavy atom. The fourth-order valence-electron chi connectivity index (χ4n) is 2.79. The van der Waals surface area contributed by atoms with E-state index in [4.69, 9.17) is 18.6 Å². The molecule has 0 aromatic rings. The molecule has 0 aromatic carbocycles. The molecule has 3 atom stereocenters. The Balaban J connectivity index is 2.87. The van der Waals surface area contributed by atoms with Crippen molar-refractivity contribution in [2.24, 2.45) is 5.92 Å². The average Bonchev–Trinajstić information content (AvgIpc) is 2.61. The predicted octanol–water partition coefficient (Wildman–Crippen LogP) is 5.45. The van der Waals surface area contributed by atoms with E-state index in [0.29, 0.717) is 13.2 Å². The number of hydrogen-bond acceptors (Lipinski definition) is 5. The summed E-state index contributed by atoms with van der Waals surface area (Å²) < 4.78 is 24.2. The summed E-state index contributed by atoms with van der Waals surface area (Å²) in [7, 11) is -1.91. The summed E-state index contributed by atoms with van der Waals surface area (Å²) in [6, 6.07) is 0. The molecule has 0 bridgehead atoms. The first-order valence-corrected chi connectivity index (χ1v) is 13.8. The molecule has 28 heavy (non-hydrogen) atoms. The van der Waals surface area contributed by atoms with Crippen molar-refractivity contribution in [1.82, 2.24) is 0 Å². The fourth-order valence-corrected chi connectivity index (χ4v) is 3.80. The van der Waals surface area contributed by atoms with Crippen molar-refractivity contribution >= 4 is 14.3 Å². The third kappa shape index (κ3) is 7.19. The van der Waals surface area contributed by atoms with E-state index in [2.05, 4.69) is 40.8 Å². The van der Waals surface area contributed by atoms with E-state index >= 15 is 0 Å². The third-order valence-electron chi connectivity index (χ3n) is 6.01. The topological polar surface area (TPSA) is 54.0 Å². The summed E-state index contributed by atoms with van der Waals surface area (Å²) in [5.41, 5.74) is 0. The van der Waals surface area contributed by atoms with Gasteiger partial charge in [0.25, 0.3) is 0 Å². The quantitative estimate of drug-likeness (QED) is 0.255. The van der Waals surface area contributed by atoms with Crippen molar-refractivity contribution < 1.29 is 23.4 Å². The summed E-state index contributed by atoms with van der Waals surface area (Å²) >= 11 is 0. The minimum atomic E-state index is -1.91. The van der Waals surface area contributed by atoms with Crippen LogP contribution in [0.3, 0.4) is 0 Å². The first kappa shape index (κ1) is 25.2. The summed E-state index contributed by atoms with van der Waals surface area (Å²) in [6.07, 6.45) is 5.92. The van der Waals surface area contributed by atoms with Gasteiger partial charge < -0.3 is 18.6 Å². The van der Waals surface area contributed by atoms with Crippen LogP contribution in [0.25, 0.3) is 0 Å². The van der Waals surface area contributed by atoms with E-state index in [1.165, 1.54) is 0 Å². The zero-order chi connectivity index (χ0) is 21.4. The summed E-state index contributed by atoms with van der Waals surface area (Å²) in [5.74, 6) is -0.232. The Morgan fingerprint density at radius 2 is 1.82 bits per heavy atom. The summed E-state index contributed by atoms with van der Waals surface area (Å²) in [4.78, 5) is 12.5. The van der Waals surface area contributed by atoms with Crippen LogP contribution < -0.4 is 0 Å². The number of unbranched alkanes of at least 4 members (excludes halogenated alkanes) is 1. The van der Waals surface area contributed by atoms with Crippen molar-refractivity contribution in [2.75, 3.05) is 13.2 Å². The van der Waals surface area contributed by atoms with Gasteiger partial charge in [0.2, 0.25) is 0 Å². The van der Waals surface area contributed by atoms with E-state index in [-0.39, 0.29) is 29.1 Å². The number of rotatable bonds is 11. The van der Waals surface area contributed by atoms with E-state index in [9.17, 15) is 4.79 Å². The van der Waals surface area contributed by atoms with Crippen LogP contribution in [0.4, 0.5) is 0 Å². The molecule has 1 rings (SSSR count). The molecule has 0 radical (unpaired) electrons. The molecular weight excluding hydrogens is 372 g/mol. The molecule has 1 heterocycles. The highest BCUT2D eigenvalue weighted by Crippen LogP contribution is 2.37. The summed E-state index contributed by atoms with van der Waals surface area (Å²) in [6.45, 7) is 18.3. The van der Waals surface area contributed by atoms with Crippen LogP contribution in [-0.2, 0) is 23.4 Å². The standard InChI is InChI=1S/C22H42O5Si/c1-9-12-14-25-20-18(27-21(23)17(10-2)11-3)13-15-24-19(20)16-26-28(7,8)22(4,5)6/h13,15,17-20H,9-12,14,16H2,1-8H3. The lowest BCUT2D eigenvalue weighted by Gasteiger charge is -2.40. The second kappa shape index (κ2) is 11.4. The minimum Gasteiger partial charge on any atom is -0.493 e. The van der Waals surface area contributed by atoms with Crippen molar-refractivity contribution in [3.63, 3.8) is 0 Å². The van der Waals surface area contributed by atoms with Crippen LogP contribution in [0.1, 0.15) is 67.2 Å². The van der Waals surface area contributed by atoms with E-state index in [1.807, 2.05) is 13.8 Å². The molecular formula is C22H42O5Si. The molecule has 164 valence electrons. The SMILES string of the molecule is CCCCOC1C(OC(=O)C(CC)CC)C=COC1CO[Si](C)(C)C(C)(C)C. The predicted molar refractivity (Wildman–Crippen MR) is 116 cm³/mol. The lowest BCUT2D eigenvalue weighted by atomic mass is 10.0. The number of carbonyl (C=O) groups excluding carboxylic acids is 1. The van der Waals surface area contributed by atoms with Crippen molar-refractivity contribution in [1.29, 1.82) is 0 Å². The van der Waals surface area contributed by atoms with E-state index < -0.39 is 14.4 Å². The largest absolute Gasteiger partial charge is 0.493 e. The fraction of sp³-hybridized carbons (Fsp3) is 0.864. The maximum Gasteiger partial charge on any atom is 0.309 e. The Hall–Kier alpha value is -0.853. The Labute approximate surface area is 173 Å². The Kier molecular flexibility index (Phi) is 10.2. The molecule has 0 aromatic heterocycles. The van der Waals surface area contributed by atoms with Crippen LogP contribution in [0.5, 0.6) is 0 Å². The van der Waals surface area contributed by atoms with Crippen molar-refractivity contribution in [3.8, 4) is 0 Å². The molecule has 0 fully saturated rings. The maximum absolute atomic E-state index is 12.5. The number of hydrogen-bond donors (Lipinski definition) is 0. The van der Waals surface area contributed by atoms with E-state index in [1.54, 1.807) is 12.3 Å². The maximum atomic E-state index is 12.5. The van der Waals surface area contributed by atoms with Crippen LogP contribution in [0, 0.1) is 5.92 Å². The van der Waals surface area contributed by atoms with Crippen LogP contribution >= 0.6 is 0 Å². The monoisotopic (exact) mass is 414 g/mol. The molecule has 0 saturated carbocycles. The zero-order valence-corrected chi connectivity index (χ0v) is 20.2. The van der Waals surface area contributed by atoms with Gasteiger partial charge in [0.15, 0.2) is 14.4 Å². The normalized spacial score (nSPS) is 23.0. The first-order valence-electron chi connectivity index (χ1n) is 10.9. The highest BCUT2D eigenvalue weighted by Gasteiger charge is 2.41. The molecule has 6 heteroatoms. The Bertz CT molecular complexity index is 494. The lowest BCUT2D eigenvalue weighted by molar-refractivity contribution is -0.170. The van der Waals surface area contributed by atoms with Gasteiger partial charge in [-0.1, -0.05) is 48.0 Å².